The van der Waals surface area contributed by atoms with Crippen molar-refractivity contribution in [3.63, 3.8) is 0 Å². The summed E-state index contributed by atoms with van der Waals surface area (Å²) in [5.41, 5.74) is 6.40. The molecular weight excluding hydrogens is 286 g/mol. The second-order valence-electron chi connectivity index (χ2n) is 5.81. The number of aromatic amines is 1. The van der Waals surface area contributed by atoms with Crippen LogP contribution in [0.4, 0.5) is 5.69 Å². The number of carbonyl (C=O) groups excluding carboxylic acids is 1. The van der Waals surface area contributed by atoms with Crippen LogP contribution in [-0.2, 0) is 0 Å². The maximum absolute atomic E-state index is 12.4. The molecule has 0 aliphatic heterocycles. The molecule has 0 aliphatic rings. The first-order chi connectivity index (χ1) is 11.0. The van der Waals surface area contributed by atoms with E-state index >= 15 is 0 Å². The standard InChI is InChI=1S/C19H19N3O/c1-12-4-7-15(8-5-12)17-11-18(22-21-17)19(23)20-16-9-6-13(2)10-14(16)3/h4-11H,1-3H3,(H,20,23)(H,21,22). The Hall–Kier alpha value is -2.88. The van der Waals surface area contributed by atoms with Gasteiger partial charge in [-0.05, 0) is 38.5 Å². The van der Waals surface area contributed by atoms with E-state index < -0.39 is 0 Å². The predicted molar refractivity (Wildman–Crippen MR) is 92.6 cm³/mol. The van der Waals surface area contributed by atoms with E-state index in [2.05, 4.69) is 15.5 Å². The molecule has 4 nitrogen and oxygen atoms in total. The zero-order valence-electron chi connectivity index (χ0n) is 13.5. The van der Waals surface area contributed by atoms with Crippen LogP contribution in [0.2, 0.25) is 0 Å². The fraction of sp³-hybridized carbons (Fsp3) is 0.158. The van der Waals surface area contributed by atoms with Crippen molar-refractivity contribution in [2.45, 2.75) is 20.8 Å². The number of hydrogen-bond acceptors (Lipinski definition) is 2. The molecule has 4 heteroatoms. The number of anilines is 1. The lowest BCUT2D eigenvalue weighted by Crippen LogP contribution is -2.13. The summed E-state index contributed by atoms with van der Waals surface area (Å²) in [6.07, 6.45) is 0. The van der Waals surface area contributed by atoms with Gasteiger partial charge in [0.05, 0.1) is 5.69 Å². The van der Waals surface area contributed by atoms with Crippen LogP contribution in [0, 0.1) is 20.8 Å². The van der Waals surface area contributed by atoms with Crippen molar-refractivity contribution in [3.8, 4) is 11.3 Å². The summed E-state index contributed by atoms with van der Waals surface area (Å²) < 4.78 is 0. The number of carbonyl (C=O) groups is 1. The fourth-order valence-corrected chi connectivity index (χ4v) is 2.45. The summed E-state index contributed by atoms with van der Waals surface area (Å²) >= 11 is 0. The molecular formula is C19H19N3O. The van der Waals surface area contributed by atoms with Gasteiger partial charge in [-0.1, -0.05) is 47.5 Å². The molecule has 116 valence electrons. The molecule has 3 rings (SSSR count). The number of hydrogen-bond donors (Lipinski definition) is 2. The largest absolute Gasteiger partial charge is 0.320 e. The van der Waals surface area contributed by atoms with E-state index in [1.165, 1.54) is 11.1 Å². The lowest BCUT2D eigenvalue weighted by atomic mass is 10.1. The molecule has 1 aromatic heterocycles. The van der Waals surface area contributed by atoms with Crippen molar-refractivity contribution in [2.75, 3.05) is 5.32 Å². The molecule has 0 saturated heterocycles. The summed E-state index contributed by atoms with van der Waals surface area (Å²) in [5.74, 6) is -0.192. The number of rotatable bonds is 3. The molecule has 3 aromatic rings. The van der Waals surface area contributed by atoms with Crippen molar-refractivity contribution >= 4 is 11.6 Å². The van der Waals surface area contributed by atoms with Gasteiger partial charge in [0.15, 0.2) is 0 Å². The summed E-state index contributed by atoms with van der Waals surface area (Å²) in [7, 11) is 0. The Balaban J connectivity index is 1.79. The van der Waals surface area contributed by atoms with Gasteiger partial charge in [-0.15, -0.1) is 0 Å². The van der Waals surface area contributed by atoms with Gasteiger partial charge >= 0.3 is 0 Å². The van der Waals surface area contributed by atoms with Gasteiger partial charge in [0.1, 0.15) is 5.69 Å². The zero-order chi connectivity index (χ0) is 16.4. The van der Waals surface area contributed by atoms with E-state index in [0.29, 0.717) is 5.69 Å². The maximum atomic E-state index is 12.4. The summed E-state index contributed by atoms with van der Waals surface area (Å²) in [4.78, 5) is 12.4. The van der Waals surface area contributed by atoms with Gasteiger partial charge in [-0.2, -0.15) is 5.10 Å². The third-order valence-corrected chi connectivity index (χ3v) is 3.80. The molecule has 0 saturated carbocycles. The van der Waals surface area contributed by atoms with Crippen LogP contribution in [0.15, 0.2) is 48.5 Å². The first-order valence-electron chi connectivity index (χ1n) is 7.54. The minimum atomic E-state index is -0.192. The Morgan fingerprint density at radius 1 is 0.957 bits per heavy atom. The van der Waals surface area contributed by atoms with E-state index in [4.69, 9.17) is 0 Å². The van der Waals surface area contributed by atoms with E-state index in [-0.39, 0.29) is 5.91 Å². The Labute approximate surface area is 135 Å². The van der Waals surface area contributed by atoms with E-state index in [9.17, 15) is 4.79 Å². The van der Waals surface area contributed by atoms with E-state index in [1.54, 1.807) is 6.07 Å². The van der Waals surface area contributed by atoms with Gasteiger partial charge < -0.3 is 5.32 Å². The molecule has 0 radical (unpaired) electrons. The minimum absolute atomic E-state index is 0.192. The molecule has 0 fully saturated rings. The third kappa shape index (κ3) is 3.31. The van der Waals surface area contributed by atoms with Crippen molar-refractivity contribution in [1.29, 1.82) is 0 Å². The van der Waals surface area contributed by atoms with Crippen molar-refractivity contribution in [3.05, 3.63) is 70.9 Å². The third-order valence-electron chi connectivity index (χ3n) is 3.80. The number of aryl methyl sites for hydroxylation is 3. The lowest BCUT2D eigenvalue weighted by Gasteiger charge is -2.07. The second-order valence-corrected chi connectivity index (χ2v) is 5.81. The molecule has 23 heavy (non-hydrogen) atoms. The van der Waals surface area contributed by atoms with Crippen molar-refractivity contribution in [2.24, 2.45) is 0 Å². The molecule has 2 aromatic carbocycles. The summed E-state index contributed by atoms with van der Waals surface area (Å²) in [5, 5.41) is 9.95. The van der Waals surface area contributed by atoms with Crippen LogP contribution in [0.1, 0.15) is 27.2 Å². The van der Waals surface area contributed by atoms with Crippen molar-refractivity contribution in [1.82, 2.24) is 10.2 Å². The monoisotopic (exact) mass is 305 g/mol. The van der Waals surface area contributed by atoms with Crippen LogP contribution >= 0.6 is 0 Å². The molecule has 0 spiro atoms. The smallest absolute Gasteiger partial charge is 0.273 e. The van der Waals surface area contributed by atoms with Gasteiger partial charge in [-0.25, -0.2) is 0 Å². The topological polar surface area (TPSA) is 57.8 Å². The molecule has 0 atom stereocenters. The average molecular weight is 305 g/mol. The van der Waals surface area contributed by atoms with Crippen LogP contribution in [0.5, 0.6) is 0 Å². The number of nitrogens with zero attached hydrogens (tertiary/aromatic N) is 1. The van der Waals surface area contributed by atoms with Crippen LogP contribution in [0.3, 0.4) is 0 Å². The molecule has 0 unspecified atom stereocenters. The van der Waals surface area contributed by atoms with Gasteiger partial charge in [0, 0.05) is 11.3 Å². The highest BCUT2D eigenvalue weighted by molar-refractivity contribution is 6.03. The number of H-pyrrole nitrogens is 1. The average Bonchev–Trinajstić information content (AvgIpc) is 3.01. The zero-order valence-corrected chi connectivity index (χ0v) is 13.5. The Morgan fingerprint density at radius 2 is 1.65 bits per heavy atom. The first kappa shape index (κ1) is 15.0. The molecule has 1 amide bonds. The maximum Gasteiger partial charge on any atom is 0.273 e. The van der Waals surface area contributed by atoms with Crippen LogP contribution in [0.25, 0.3) is 11.3 Å². The van der Waals surface area contributed by atoms with E-state index in [1.807, 2.05) is 63.2 Å². The molecule has 2 N–H and O–H groups in total. The van der Waals surface area contributed by atoms with Crippen LogP contribution in [-0.4, -0.2) is 16.1 Å². The van der Waals surface area contributed by atoms with Gasteiger partial charge in [-0.3, -0.25) is 9.89 Å². The highest BCUT2D eigenvalue weighted by Gasteiger charge is 2.12. The van der Waals surface area contributed by atoms with E-state index in [0.717, 1.165) is 22.5 Å². The quantitative estimate of drug-likeness (QED) is 0.760. The second kappa shape index (κ2) is 6.08. The SMILES string of the molecule is Cc1ccc(-c2cc(C(=O)Nc3ccc(C)cc3C)[nH]n2)cc1. The van der Waals surface area contributed by atoms with Crippen molar-refractivity contribution < 1.29 is 4.79 Å². The molecule has 0 aliphatic carbocycles. The normalized spacial score (nSPS) is 10.6. The van der Waals surface area contributed by atoms with Crippen LogP contribution < -0.4 is 5.32 Å². The van der Waals surface area contributed by atoms with Gasteiger partial charge in [0.25, 0.3) is 5.91 Å². The van der Waals surface area contributed by atoms with Gasteiger partial charge in [0.2, 0.25) is 0 Å². The number of aromatic nitrogens is 2. The Bertz CT molecular complexity index is 847. The lowest BCUT2D eigenvalue weighted by molar-refractivity contribution is 0.102. The summed E-state index contributed by atoms with van der Waals surface area (Å²) in [6.45, 7) is 6.05. The Morgan fingerprint density at radius 3 is 2.35 bits per heavy atom. The first-order valence-corrected chi connectivity index (χ1v) is 7.54. The fourth-order valence-electron chi connectivity index (χ4n) is 2.45. The Kier molecular flexibility index (Phi) is 3.98. The summed E-state index contributed by atoms with van der Waals surface area (Å²) in [6, 6.07) is 15.8. The molecule has 0 bridgehead atoms. The molecule has 1 heterocycles. The number of nitrogens with one attached hydrogen (secondary N) is 2. The highest BCUT2D eigenvalue weighted by Crippen LogP contribution is 2.20. The highest BCUT2D eigenvalue weighted by atomic mass is 16.1. The predicted octanol–water partition coefficient (Wildman–Crippen LogP) is 4.25. The number of amides is 1. The number of benzene rings is 2. The minimum Gasteiger partial charge on any atom is -0.320 e.